The SMILES string of the molecule is O=C(C1CC1)N1CCC2(CCCN(CCOCc3ccccc3)C2)C1. The highest BCUT2D eigenvalue weighted by Crippen LogP contribution is 2.41. The molecule has 1 spiro atoms. The number of likely N-dealkylation sites (tertiary alicyclic amines) is 2. The summed E-state index contributed by atoms with van der Waals surface area (Å²) in [6, 6.07) is 10.4. The molecule has 2 saturated heterocycles. The van der Waals surface area contributed by atoms with E-state index in [0.717, 1.165) is 45.6 Å². The second-order valence-electron chi connectivity index (χ2n) is 8.20. The summed E-state index contributed by atoms with van der Waals surface area (Å²) in [6.07, 6.45) is 5.96. The molecule has 0 bridgehead atoms. The van der Waals surface area contributed by atoms with Gasteiger partial charge in [-0.15, -0.1) is 0 Å². The summed E-state index contributed by atoms with van der Waals surface area (Å²) >= 11 is 0. The lowest BCUT2D eigenvalue weighted by atomic mass is 9.79. The maximum atomic E-state index is 12.4. The zero-order valence-electron chi connectivity index (χ0n) is 15.2. The third kappa shape index (κ3) is 4.24. The summed E-state index contributed by atoms with van der Waals surface area (Å²) < 4.78 is 5.87. The van der Waals surface area contributed by atoms with Crippen molar-refractivity contribution in [3.63, 3.8) is 0 Å². The van der Waals surface area contributed by atoms with Crippen molar-refractivity contribution in [1.29, 1.82) is 0 Å². The predicted octanol–water partition coefficient (Wildman–Crippen LogP) is 2.93. The third-order valence-electron chi connectivity index (χ3n) is 6.08. The number of benzene rings is 1. The van der Waals surface area contributed by atoms with Crippen LogP contribution in [0.5, 0.6) is 0 Å². The summed E-state index contributed by atoms with van der Waals surface area (Å²) in [6.45, 7) is 6.77. The van der Waals surface area contributed by atoms with Crippen LogP contribution in [0.15, 0.2) is 30.3 Å². The molecule has 3 fully saturated rings. The van der Waals surface area contributed by atoms with E-state index in [0.29, 0.717) is 23.8 Å². The van der Waals surface area contributed by atoms with Crippen LogP contribution >= 0.6 is 0 Å². The van der Waals surface area contributed by atoms with E-state index in [1.165, 1.54) is 31.4 Å². The smallest absolute Gasteiger partial charge is 0.225 e. The summed E-state index contributed by atoms with van der Waals surface area (Å²) in [5.74, 6) is 0.793. The van der Waals surface area contributed by atoms with Crippen LogP contribution in [0.2, 0.25) is 0 Å². The minimum Gasteiger partial charge on any atom is -0.375 e. The Hall–Kier alpha value is -1.39. The van der Waals surface area contributed by atoms with Gasteiger partial charge in [-0.3, -0.25) is 4.79 Å². The zero-order valence-corrected chi connectivity index (χ0v) is 15.2. The Balaban J connectivity index is 1.22. The van der Waals surface area contributed by atoms with Crippen molar-refractivity contribution in [3.8, 4) is 0 Å². The summed E-state index contributed by atoms with van der Waals surface area (Å²) in [4.78, 5) is 17.1. The van der Waals surface area contributed by atoms with Crippen LogP contribution in [0, 0.1) is 11.3 Å². The van der Waals surface area contributed by atoms with Gasteiger partial charge in [0.2, 0.25) is 5.91 Å². The second-order valence-corrected chi connectivity index (χ2v) is 8.20. The Labute approximate surface area is 151 Å². The highest BCUT2D eigenvalue weighted by molar-refractivity contribution is 5.81. The average Bonchev–Trinajstić information content (AvgIpc) is 3.42. The van der Waals surface area contributed by atoms with Crippen molar-refractivity contribution in [3.05, 3.63) is 35.9 Å². The number of carbonyl (C=O) groups is 1. The van der Waals surface area contributed by atoms with Crippen molar-refractivity contribution in [1.82, 2.24) is 9.80 Å². The Morgan fingerprint density at radius 2 is 1.96 bits per heavy atom. The van der Waals surface area contributed by atoms with E-state index in [1.54, 1.807) is 0 Å². The number of rotatable bonds is 6. The first-order valence-corrected chi connectivity index (χ1v) is 9.87. The normalized spacial score (nSPS) is 27.1. The van der Waals surface area contributed by atoms with Gasteiger partial charge in [-0.25, -0.2) is 0 Å². The molecule has 1 aromatic carbocycles. The number of hydrogen-bond acceptors (Lipinski definition) is 3. The van der Waals surface area contributed by atoms with Gasteiger partial charge in [-0.1, -0.05) is 30.3 Å². The van der Waals surface area contributed by atoms with Gasteiger partial charge in [0.25, 0.3) is 0 Å². The van der Waals surface area contributed by atoms with E-state index in [1.807, 2.05) is 6.07 Å². The molecule has 1 saturated carbocycles. The van der Waals surface area contributed by atoms with Crippen molar-refractivity contribution in [2.45, 2.75) is 38.7 Å². The van der Waals surface area contributed by atoms with Crippen LogP contribution in [-0.2, 0) is 16.1 Å². The molecule has 1 amide bonds. The quantitative estimate of drug-likeness (QED) is 0.745. The van der Waals surface area contributed by atoms with Crippen molar-refractivity contribution in [2.75, 3.05) is 39.3 Å². The molecule has 2 heterocycles. The number of amides is 1. The van der Waals surface area contributed by atoms with Gasteiger partial charge in [-0.05, 0) is 44.2 Å². The van der Waals surface area contributed by atoms with Crippen molar-refractivity contribution in [2.24, 2.45) is 11.3 Å². The van der Waals surface area contributed by atoms with Crippen LogP contribution < -0.4 is 0 Å². The molecule has 1 aliphatic carbocycles. The van der Waals surface area contributed by atoms with Gasteiger partial charge in [0, 0.05) is 37.5 Å². The van der Waals surface area contributed by atoms with Crippen molar-refractivity contribution >= 4 is 5.91 Å². The van der Waals surface area contributed by atoms with E-state index in [9.17, 15) is 4.79 Å². The van der Waals surface area contributed by atoms with E-state index in [4.69, 9.17) is 4.74 Å². The van der Waals surface area contributed by atoms with E-state index in [-0.39, 0.29) is 0 Å². The second kappa shape index (κ2) is 7.46. The van der Waals surface area contributed by atoms with Crippen LogP contribution in [0.1, 0.15) is 37.7 Å². The van der Waals surface area contributed by atoms with Crippen LogP contribution in [-0.4, -0.2) is 55.0 Å². The fraction of sp³-hybridized carbons (Fsp3) is 0.667. The molecule has 1 atom stereocenters. The first-order chi connectivity index (χ1) is 12.2. The molecule has 3 aliphatic rings. The van der Waals surface area contributed by atoms with Gasteiger partial charge in [0.05, 0.1) is 13.2 Å². The predicted molar refractivity (Wildman–Crippen MR) is 98.1 cm³/mol. The standard InChI is InChI=1S/C21H30N2O2/c24-20(19-7-8-19)23-12-10-21(17-23)9-4-11-22(16-21)13-14-25-15-18-5-2-1-3-6-18/h1-3,5-6,19H,4,7-17H2. The largest absolute Gasteiger partial charge is 0.375 e. The monoisotopic (exact) mass is 342 g/mol. The van der Waals surface area contributed by atoms with Gasteiger partial charge in [0.1, 0.15) is 0 Å². The minimum absolute atomic E-state index is 0.349. The zero-order chi connectivity index (χ0) is 17.1. The number of piperidine rings is 1. The van der Waals surface area contributed by atoms with Gasteiger partial charge < -0.3 is 14.5 Å². The lowest BCUT2D eigenvalue weighted by Gasteiger charge is -2.40. The highest BCUT2D eigenvalue weighted by Gasteiger charge is 2.45. The van der Waals surface area contributed by atoms with E-state index >= 15 is 0 Å². The number of hydrogen-bond donors (Lipinski definition) is 0. The first-order valence-electron chi connectivity index (χ1n) is 9.87. The number of carbonyl (C=O) groups excluding carboxylic acids is 1. The lowest BCUT2D eigenvalue weighted by Crippen LogP contribution is -2.46. The van der Waals surface area contributed by atoms with Crippen molar-refractivity contribution < 1.29 is 9.53 Å². The molecule has 4 rings (SSSR count). The molecule has 25 heavy (non-hydrogen) atoms. The van der Waals surface area contributed by atoms with Crippen LogP contribution in [0.25, 0.3) is 0 Å². The molecule has 0 radical (unpaired) electrons. The van der Waals surface area contributed by atoms with Gasteiger partial charge in [-0.2, -0.15) is 0 Å². The van der Waals surface area contributed by atoms with Gasteiger partial charge >= 0.3 is 0 Å². The molecule has 1 unspecified atom stereocenters. The summed E-state index contributed by atoms with van der Waals surface area (Å²) in [5, 5.41) is 0. The van der Waals surface area contributed by atoms with E-state index < -0.39 is 0 Å². The first kappa shape index (κ1) is 17.0. The Morgan fingerprint density at radius 3 is 2.76 bits per heavy atom. The van der Waals surface area contributed by atoms with Crippen LogP contribution in [0.3, 0.4) is 0 Å². The molecule has 136 valence electrons. The molecule has 4 heteroatoms. The molecule has 0 N–H and O–H groups in total. The Bertz CT molecular complexity index is 587. The molecule has 1 aromatic rings. The third-order valence-corrected chi connectivity index (χ3v) is 6.08. The fourth-order valence-corrected chi connectivity index (χ4v) is 4.50. The average molecular weight is 342 g/mol. The Morgan fingerprint density at radius 1 is 1.12 bits per heavy atom. The fourth-order valence-electron chi connectivity index (χ4n) is 4.50. The molecule has 2 aliphatic heterocycles. The molecule has 4 nitrogen and oxygen atoms in total. The van der Waals surface area contributed by atoms with Gasteiger partial charge in [0.15, 0.2) is 0 Å². The summed E-state index contributed by atoms with van der Waals surface area (Å²) in [7, 11) is 0. The Kier molecular flexibility index (Phi) is 5.09. The topological polar surface area (TPSA) is 32.8 Å². The maximum Gasteiger partial charge on any atom is 0.225 e. The number of nitrogens with zero attached hydrogens (tertiary/aromatic N) is 2. The molecular formula is C21H30N2O2. The van der Waals surface area contributed by atoms with Crippen LogP contribution in [0.4, 0.5) is 0 Å². The van der Waals surface area contributed by atoms with E-state index in [2.05, 4.69) is 34.1 Å². The maximum absolute atomic E-state index is 12.4. The lowest BCUT2D eigenvalue weighted by molar-refractivity contribution is -0.132. The number of ether oxygens (including phenoxy) is 1. The minimum atomic E-state index is 0.349. The highest BCUT2D eigenvalue weighted by atomic mass is 16.5. The summed E-state index contributed by atoms with van der Waals surface area (Å²) in [5.41, 5.74) is 1.59. The molecule has 0 aromatic heterocycles. The molecular weight excluding hydrogens is 312 g/mol.